The van der Waals surface area contributed by atoms with Gasteiger partial charge in [0, 0.05) is 45.4 Å². The first-order valence-corrected chi connectivity index (χ1v) is 21.2. The summed E-state index contributed by atoms with van der Waals surface area (Å²) >= 11 is 0. The van der Waals surface area contributed by atoms with Crippen LogP contribution in [0.25, 0.3) is 0 Å². The Bertz CT molecular complexity index is 1390. The van der Waals surface area contributed by atoms with Crippen molar-refractivity contribution >= 4 is 41.1 Å². The summed E-state index contributed by atoms with van der Waals surface area (Å²) < 4.78 is 27.1. The number of carboxylic acid groups (broad SMARTS) is 2. The van der Waals surface area contributed by atoms with E-state index in [-0.39, 0.29) is 100 Å². The van der Waals surface area contributed by atoms with E-state index in [0.29, 0.717) is 64.2 Å². The Labute approximate surface area is 354 Å². The highest BCUT2D eigenvalue weighted by atomic mass is 16.5. The largest absolute Gasteiger partial charge is 0.494 e. The lowest BCUT2D eigenvalue weighted by atomic mass is 9.94. The van der Waals surface area contributed by atoms with E-state index in [1.807, 2.05) is 0 Å². The molecular weight excluding hydrogens is 782 g/mol. The van der Waals surface area contributed by atoms with Gasteiger partial charge in [-0.3, -0.25) is 28.8 Å². The van der Waals surface area contributed by atoms with Gasteiger partial charge < -0.3 is 50.3 Å². The average molecular weight is 852 g/mol. The molecule has 1 rings (SSSR count). The number of unbranched alkanes of at least 4 members (excludes halogenated alkanes) is 7. The highest BCUT2D eigenvalue weighted by molar-refractivity contribution is 5.87. The Morgan fingerprint density at radius 1 is 0.583 bits per heavy atom. The van der Waals surface area contributed by atoms with Gasteiger partial charge in [-0.25, -0.2) is 4.79 Å². The number of amides is 2. The molecule has 0 aliphatic rings. The lowest BCUT2D eigenvalue weighted by Crippen LogP contribution is -2.30. The molecule has 0 heterocycles. The number of carboxylic acids is 2. The van der Waals surface area contributed by atoms with E-state index in [9.17, 15) is 38.7 Å². The number of ether oxygens (including phenoxy) is 5. The molecule has 340 valence electrons. The zero-order valence-corrected chi connectivity index (χ0v) is 35.4. The van der Waals surface area contributed by atoms with Gasteiger partial charge in [-0.15, -0.1) is 0 Å². The predicted molar refractivity (Wildman–Crippen MR) is 222 cm³/mol. The molecule has 0 spiro atoms. The first-order chi connectivity index (χ1) is 28.9. The van der Waals surface area contributed by atoms with Gasteiger partial charge in [-0.1, -0.05) is 32.1 Å². The van der Waals surface area contributed by atoms with E-state index in [4.69, 9.17) is 34.5 Å². The molecule has 0 aliphatic carbocycles. The van der Waals surface area contributed by atoms with Crippen LogP contribution in [0, 0.1) is 5.92 Å². The molecule has 0 bridgehead atoms. The van der Waals surface area contributed by atoms with Gasteiger partial charge in [-0.05, 0) is 76.1 Å². The molecule has 0 aliphatic heterocycles. The van der Waals surface area contributed by atoms with E-state index in [1.54, 1.807) is 12.1 Å². The Morgan fingerprint density at radius 3 is 1.85 bits per heavy atom. The number of nitrogens with one attached hydrogen (secondary N) is 2. The summed E-state index contributed by atoms with van der Waals surface area (Å²) in [5.74, 6) is -3.11. The third-order valence-electron chi connectivity index (χ3n) is 9.35. The summed E-state index contributed by atoms with van der Waals surface area (Å²) in [5.41, 5.74) is 5.89. The number of hydrogen-bond acceptors (Lipinski definition) is 13. The number of benzene rings is 1. The Kier molecular flexibility index (Phi) is 31.8. The molecule has 0 aromatic heterocycles. The summed E-state index contributed by atoms with van der Waals surface area (Å²) in [7, 11) is 0. The molecule has 17 nitrogen and oxygen atoms in total. The molecule has 1 aromatic carbocycles. The fraction of sp³-hybridized carbons (Fsp3) is 0.698. The minimum absolute atomic E-state index is 0.0160. The van der Waals surface area contributed by atoms with Gasteiger partial charge in [0.05, 0.1) is 57.2 Å². The zero-order valence-electron chi connectivity index (χ0n) is 35.4. The van der Waals surface area contributed by atoms with Crippen LogP contribution in [-0.4, -0.2) is 130 Å². The van der Waals surface area contributed by atoms with E-state index in [0.717, 1.165) is 51.4 Å². The van der Waals surface area contributed by atoms with Crippen LogP contribution >= 0.6 is 0 Å². The van der Waals surface area contributed by atoms with Crippen LogP contribution in [0.4, 0.5) is 0 Å². The van der Waals surface area contributed by atoms with Crippen LogP contribution in [0.5, 0.6) is 5.75 Å². The number of rotatable bonds is 41. The molecule has 0 unspecified atom stereocenters. The predicted octanol–water partition coefficient (Wildman–Crippen LogP) is 4.06. The van der Waals surface area contributed by atoms with Crippen LogP contribution in [0.1, 0.15) is 120 Å². The smallest absolute Gasteiger partial charge is 0.335 e. The second kappa shape index (κ2) is 35.5. The van der Waals surface area contributed by atoms with Crippen LogP contribution < -0.4 is 21.1 Å². The molecule has 0 fully saturated rings. The topological polar surface area (TPSA) is 256 Å². The van der Waals surface area contributed by atoms with Crippen LogP contribution in [0.2, 0.25) is 0 Å². The molecule has 0 saturated heterocycles. The van der Waals surface area contributed by atoms with Crippen molar-refractivity contribution in [2.45, 2.75) is 116 Å². The first kappa shape index (κ1) is 53.7. The van der Waals surface area contributed by atoms with Gasteiger partial charge in [-0.2, -0.15) is 0 Å². The molecule has 6 N–H and O–H groups in total. The highest BCUT2D eigenvalue weighted by Crippen LogP contribution is 2.17. The minimum atomic E-state index is -1.09. The van der Waals surface area contributed by atoms with Gasteiger partial charge in [0.25, 0.3) is 0 Å². The third kappa shape index (κ3) is 30.7. The Morgan fingerprint density at radius 2 is 1.18 bits per heavy atom. The Balaban J connectivity index is 1.93. The van der Waals surface area contributed by atoms with Gasteiger partial charge in [0.1, 0.15) is 30.5 Å². The summed E-state index contributed by atoms with van der Waals surface area (Å²) in [4.78, 5) is 82.1. The van der Waals surface area contributed by atoms with Crippen molar-refractivity contribution in [2.75, 3.05) is 72.6 Å². The quantitative estimate of drug-likeness (QED) is 0.0583. The molecule has 0 radical (unpaired) electrons. The lowest BCUT2D eigenvalue weighted by Gasteiger charge is -2.12. The molecule has 1 aromatic rings. The summed E-state index contributed by atoms with van der Waals surface area (Å²) in [6.45, 7) is 4.17. The fourth-order valence-corrected chi connectivity index (χ4v) is 5.74. The maximum absolute atomic E-state index is 12.4. The first-order valence-electron chi connectivity index (χ1n) is 21.2. The molecule has 2 atom stereocenters. The highest BCUT2D eigenvalue weighted by Gasteiger charge is 2.22. The van der Waals surface area contributed by atoms with Crippen molar-refractivity contribution in [1.29, 1.82) is 0 Å². The van der Waals surface area contributed by atoms with E-state index in [2.05, 4.69) is 10.6 Å². The van der Waals surface area contributed by atoms with Crippen molar-refractivity contribution < 1.29 is 67.5 Å². The maximum atomic E-state index is 12.4. The van der Waals surface area contributed by atoms with Crippen molar-refractivity contribution in [2.24, 2.45) is 11.7 Å². The molecule has 17 heteroatoms. The van der Waals surface area contributed by atoms with Crippen LogP contribution in [0.15, 0.2) is 24.3 Å². The zero-order chi connectivity index (χ0) is 44.2. The molecule has 0 saturated carbocycles. The van der Waals surface area contributed by atoms with Crippen molar-refractivity contribution in [3.63, 3.8) is 0 Å². The number of Topliss-reactive ketones (excluding diaryl/α,β-unsaturated/α-hetero) is 3. The standard InChI is InChI=1S/C43H69N3O14/c1-33(47)39(44)14-8-9-21-45-41(51)32-59-29-26-56-23-11-13-37(49)31-58-28-27-57-25-22-46-40(50)20-17-35(43(54)55)30-36(48)12-7-5-3-2-4-6-10-24-60-38-18-15-34(16-19-38)42(52)53/h15-16,18-19,35,39H,2-14,17,20-32,44H2,1H3,(H,45,51)(H,46,50)(H,52,53)(H,54,55)/t35-,39+/m1/s1. The molecule has 2 amide bonds. The van der Waals surface area contributed by atoms with Crippen molar-refractivity contribution in [3.8, 4) is 5.75 Å². The minimum Gasteiger partial charge on any atom is -0.494 e. The fourth-order valence-electron chi connectivity index (χ4n) is 5.74. The number of hydrogen-bond donors (Lipinski definition) is 5. The van der Waals surface area contributed by atoms with Gasteiger partial charge in [0.2, 0.25) is 11.8 Å². The van der Waals surface area contributed by atoms with Crippen molar-refractivity contribution in [1.82, 2.24) is 10.6 Å². The monoisotopic (exact) mass is 851 g/mol. The molecular formula is C43H69N3O14. The van der Waals surface area contributed by atoms with Gasteiger partial charge in [0.15, 0.2) is 5.78 Å². The number of carbonyl (C=O) groups excluding carboxylic acids is 5. The number of carbonyl (C=O) groups is 7. The van der Waals surface area contributed by atoms with Gasteiger partial charge >= 0.3 is 11.9 Å². The summed E-state index contributed by atoms with van der Waals surface area (Å²) in [6.07, 6.45) is 9.69. The number of ketones is 3. The Hall–Kier alpha value is -4.29. The second-order valence-electron chi connectivity index (χ2n) is 14.6. The maximum Gasteiger partial charge on any atom is 0.335 e. The SMILES string of the molecule is CC(=O)[C@@H](N)CCCCNC(=O)COCCOCCCC(=O)COCCOCCNC(=O)CC[C@H](CC(=O)CCCCCCCCCOc1ccc(C(=O)O)cc1)C(=O)O. The lowest BCUT2D eigenvalue weighted by molar-refractivity contribution is -0.144. The number of nitrogens with two attached hydrogens (primary N) is 1. The number of aliphatic carboxylic acids is 1. The molecule has 60 heavy (non-hydrogen) atoms. The normalized spacial score (nSPS) is 12.0. The van der Waals surface area contributed by atoms with Crippen LogP contribution in [0.3, 0.4) is 0 Å². The summed E-state index contributed by atoms with van der Waals surface area (Å²) in [6, 6.07) is 5.87. The second-order valence-corrected chi connectivity index (χ2v) is 14.6. The number of aromatic carboxylic acids is 1. The van der Waals surface area contributed by atoms with E-state index in [1.165, 1.54) is 19.1 Å². The van der Waals surface area contributed by atoms with Crippen molar-refractivity contribution in [3.05, 3.63) is 29.8 Å². The third-order valence-corrected chi connectivity index (χ3v) is 9.35. The summed E-state index contributed by atoms with van der Waals surface area (Å²) in [5, 5.41) is 23.9. The van der Waals surface area contributed by atoms with E-state index < -0.39 is 23.9 Å². The van der Waals surface area contributed by atoms with Crippen LogP contribution in [-0.2, 0) is 47.7 Å². The average Bonchev–Trinajstić information content (AvgIpc) is 3.21. The van der Waals surface area contributed by atoms with E-state index >= 15 is 0 Å².